The van der Waals surface area contributed by atoms with Gasteiger partial charge in [-0.1, -0.05) is 13.8 Å². The molecule has 112 valence electrons. The van der Waals surface area contributed by atoms with Gasteiger partial charge in [-0.25, -0.2) is 9.69 Å². The first-order chi connectivity index (χ1) is 9.58. The first-order valence-corrected chi connectivity index (χ1v) is 7.36. The van der Waals surface area contributed by atoms with Crippen LogP contribution in [-0.4, -0.2) is 53.4 Å². The molecule has 2 aliphatic heterocycles. The molecule has 0 aliphatic carbocycles. The van der Waals surface area contributed by atoms with E-state index in [0.29, 0.717) is 25.9 Å². The lowest BCUT2D eigenvalue weighted by Gasteiger charge is -2.36. The van der Waals surface area contributed by atoms with Crippen molar-refractivity contribution < 1.29 is 19.1 Å². The molecule has 2 aliphatic rings. The van der Waals surface area contributed by atoms with E-state index < -0.39 is 6.09 Å². The van der Waals surface area contributed by atoms with E-state index in [-0.39, 0.29) is 30.4 Å². The van der Waals surface area contributed by atoms with Gasteiger partial charge in [-0.3, -0.25) is 9.59 Å². The molecule has 0 radical (unpaired) electrons. The molecule has 2 rings (SSSR count). The molecule has 2 fully saturated rings. The van der Waals surface area contributed by atoms with E-state index in [4.69, 9.17) is 4.74 Å². The van der Waals surface area contributed by atoms with Crippen LogP contribution in [0.3, 0.4) is 0 Å². The summed E-state index contributed by atoms with van der Waals surface area (Å²) < 4.78 is 4.74. The number of nitrogens with zero attached hydrogens (tertiary/aromatic N) is 2. The number of rotatable bonds is 4. The van der Waals surface area contributed by atoms with Crippen LogP contribution in [0.1, 0.15) is 39.5 Å². The molecule has 6 nitrogen and oxygen atoms in total. The molecule has 0 atom stereocenters. The van der Waals surface area contributed by atoms with Crippen LogP contribution in [0.25, 0.3) is 0 Å². The van der Waals surface area contributed by atoms with Gasteiger partial charge in [0.2, 0.25) is 5.91 Å². The number of imide groups is 1. The highest BCUT2D eigenvalue weighted by Crippen LogP contribution is 2.22. The van der Waals surface area contributed by atoms with Gasteiger partial charge in [0.05, 0.1) is 0 Å². The zero-order chi connectivity index (χ0) is 14.7. The van der Waals surface area contributed by atoms with Crippen molar-refractivity contribution in [2.24, 2.45) is 5.92 Å². The maximum Gasteiger partial charge on any atom is 0.417 e. The SMILES string of the molecule is CCC(CC)C(=O)N1CCC(N2C(=O)COC2=O)CC1. The average Bonchev–Trinajstić information content (AvgIpc) is 2.79. The predicted octanol–water partition coefficient (Wildman–Crippen LogP) is 1.39. The molecule has 0 bridgehead atoms. The fourth-order valence-electron chi connectivity index (χ4n) is 2.96. The van der Waals surface area contributed by atoms with E-state index in [1.165, 1.54) is 4.90 Å². The average molecular weight is 282 g/mol. The third-order valence-electron chi connectivity index (χ3n) is 4.26. The lowest BCUT2D eigenvalue weighted by Crippen LogP contribution is -2.49. The van der Waals surface area contributed by atoms with Gasteiger partial charge in [0.1, 0.15) is 0 Å². The molecule has 0 aromatic rings. The number of hydrogen-bond acceptors (Lipinski definition) is 4. The van der Waals surface area contributed by atoms with Gasteiger partial charge in [-0.2, -0.15) is 0 Å². The molecular formula is C14H22N2O4. The van der Waals surface area contributed by atoms with Crippen molar-refractivity contribution in [3.63, 3.8) is 0 Å². The second-order valence-electron chi connectivity index (χ2n) is 5.39. The van der Waals surface area contributed by atoms with Crippen LogP contribution < -0.4 is 0 Å². The number of amides is 3. The first-order valence-electron chi connectivity index (χ1n) is 7.36. The third kappa shape index (κ3) is 2.78. The maximum atomic E-state index is 12.3. The van der Waals surface area contributed by atoms with Crippen molar-refractivity contribution in [1.82, 2.24) is 9.80 Å². The Bertz CT molecular complexity index is 382. The van der Waals surface area contributed by atoms with E-state index in [0.717, 1.165) is 12.8 Å². The number of carbonyl (C=O) groups excluding carboxylic acids is 3. The summed E-state index contributed by atoms with van der Waals surface area (Å²) in [7, 11) is 0. The van der Waals surface area contributed by atoms with Crippen LogP contribution in [0.5, 0.6) is 0 Å². The lowest BCUT2D eigenvalue weighted by molar-refractivity contribution is -0.137. The largest absolute Gasteiger partial charge is 0.439 e. The van der Waals surface area contributed by atoms with Crippen LogP contribution in [-0.2, 0) is 14.3 Å². The van der Waals surface area contributed by atoms with Crippen molar-refractivity contribution in [2.75, 3.05) is 19.7 Å². The minimum absolute atomic E-state index is 0.0879. The smallest absolute Gasteiger partial charge is 0.417 e. The summed E-state index contributed by atoms with van der Waals surface area (Å²) in [6.45, 7) is 5.12. The van der Waals surface area contributed by atoms with Gasteiger partial charge in [0, 0.05) is 25.0 Å². The Kier molecular flexibility index (Phi) is 4.62. The van der Waals surface area contributed by atoms with Crippen molar-refractivity contribution >= 4 is 17.9 Å². The number of ether oxygens (including phenoxy) is 1. The molecular weight excluding hydrogens is 260 g/mol. The normalized spacial score (nSPS) is 20.8. The van der Waals surface area contributed by atoms with E-state index >= 15 is 0 Å². The van der Waals surface area contributed by atoms with Crippen LogP contribution in [0, 0.1) is 5.92 Å². The van der Waals surface area contributed by atoms with Crippen LogP contribution in [0.2, 0.25) is 0 Å². The lowest BCUT2D eigenvalue weighted by atomic mass is 9.98. The molecule has 0 aromatic heterocycles. The summed E-state index contributed by atoms with van der Waals surface area (Å²) >= 11 is 0. The highest BCUT2D eigenvalue weighted by atomic mass is 16.6. The number of likely N-dealkylation sites (tertiary alicyclic amines) is 1. The van der Waals surface area contributed by atoms with Gasteiger partial charge < -0.3 is 9.64 Å². The minimum Gasteiger partial charge on any atom is -0.439 e. The van der Waals surface area contributed by atoms with Crippen molar-refractivity contribution in [3.8, 4) is 0 Å². The Morgan fingerprint density at radius 2 is 1.85 bits per heavy atom. The van der Waals surface area contributed by atoms with E-state index in [1.54, 1.807) is 0 Å². The molecule has 20 heavy (non-hydrogen) atoms. The molecule has 0 spiro atoms. The van der Waals surface area contributed by atoms with Gasteiger partial charge in [0.15, 0.2) is 6.61 Å². The van der Waals surface area contributed by atoms with Crippen molar-refractivity contribution in [1.29, 1.82) is 0 Å². The molecule has 6 heteroatoms. The summed E-state index contributed by atoms with van der Waals surface area (Å²) in [5, 5.41) is 0. The van der Waals surface area contributed by atoms with E-state index in [2.05, 4.69) is 0 Å². The van der Waals surface area contributed by atoms with E-state index in [1.807, 2.05) is 18.7 Å². The van der Waals surface area contributed by atoms with Crippen LogP contribution in [0.4, 0.5) is 4.79 Å². The fraction of sp³-hybridized carbons (Fsp3) is 0.786. The number of cyclic esters (lactones) is 1. The number of hydrogen-bond donors (Lipinski definition) is 0. The molecule has 0 N–H and O–H groups in total. The second-order valence-corrected chi connectivity index (χ2v) is 5.39. The number of carbonyl (C=O) groups is 3. The summed E-state index contributed by atoms with van der Waals surface area (Å²) in [6.07, 6.45) is 2.46. The minimum atomic E-state index is -0.542. The van der Waals surface area contributed by atoms with Gasteiger partial charge in [-0.05, 0) is 25.7 Å². The Morgan fingerprint density at radius 1 is 1.25 bits per heavy atom. The summed E-state index contributed by atoms with van der Waals surface area (Å²) in [5.41, 5.74) is 0. The Hall–Kier alpha value is -1.59. The van der Waals surface area contributed by atoms with Crippen molar-refractivity contribution in [2.45, 2.75) is 45.6 Å². The molecule has 0 unspecified atom stereocenters. The van der Waals surface area contributed by atoms with Crippen molar-refractivity contribution in [3.05, 3.63) is 0 Å². The van der Waals surface area contributed by atoms with Crippen LogP contribution >= 0.6 is 0 Å². The quantitative estimate of drug-likeness (QED) is 0.781. The van der Waals surface area contributed by atoms with E-state index in [9.17, 15) is 14.4 Å². The Balaban J connectivity index is 1.91. The molecule has 0 aromatic carbocycles. The van der Waals surface area contributed by atoms with Gasteiger partial charge in [0.25, 0.3) is 5.91 Å². The zero-order valence-electron chi connectivity index (χ0n) is 12.1. The summed E-state index contributed by atoms with van der Waals surface area (Å²) in [4.78, 5) is 38.5. The van der Waals surface area contributed by atoms with Gasteiger partial charge >= 0.3 is 6.09 Å². The maximum absolute atomic E-state index is 12.3. The summed E-state index contributed by atoms with van der Waals surface area (Å²) in [6, 6.07) is -0.122. The third-order valence-corrected chi connectivity index (χ3v) is 4.26. The zero-order valence-corrected chi connectivity index (χ0v) is 12.1. The monoisotopic (exact) mass is 282 g/mol. The number of piperidine rings is 1. The fourth-order valence-corrected chi connectivity index (χ4v) is 2.96. The predicted molar refractivity (Wildman–Crippen MR) is 71.9 cm³/mol. The Morgan fingerprint density at radius 3 is 2.30 bits per heavy atom. The second kappa shape index (κ2) is 6.24. The highest BCUT2D eigenvalue weighted by molar-refractivity contribution is 5.98. The van der Waals surface area contributed by atoms with Crippen LogP contribution in [0.15, 0.2) is 0 Å². The summed E-state index contributed by atoms with van der Waals surface area (Å²) in [5.74, 6) is 0.0217. The molecule has 0 saturated carbocycles. The molecule has 2 heterocycles. The molecule has 3 amide bonds. The topological polar surface area (TPSA) is 66.9 Å². The van der Waals surface area contributed by atoms with Gasteiger partial charge in [-0.15, -0.1) is 0 Å². The first kappa shape index (κ1) is 14.8. The molecule has 2 saturated heterocycles. The standard InChI is InChI=1S/C14H22N2O4/c1-3-10(4-2)13(18)15-7-5-11(6-8-15)16-12(17)9-20-14(16)19/h10-11H,3-9H2,1-2H3. The highest BCUT2D eigenvalue weighted by Gasteiger charge is 2.39. The Labute approximate surface area is 119 Å².